The van der Waals surface area contributed by atoms with Crippen LogP contribution in [0.1, 0.15) is 24.0 Å². The molecular weight excluding hydrogens is 380 g/mol. The molecular formula is C24H28N2O4. The van der Waals surface area contributed by atoms with Crippen LogP contribution in [0.5, 0.6) is 11.5 Å². The summed E-state index contributed by atoms with van der Waals surface area (Å²) in [6.45, 7) is 5.68. The second-order valence-electron chi connectivity index (χ2n) is 8.28. The Morgan fingerprint density at radius 3 is 2.57 bits per heavy atom. The van der Waals surface area contributed by atoms with Crippen LogP contribution < -0.4 is 9.47 Å². The molecule has 6 nitrogen and oxygen atoms in total. The van der Waals surface area contributed by atoms with Gasteiger partial charge in [0.1, 0.15) is 0 Å². The Morgan fingerprint density at radius 2 is 1.80 bits per heavy atom. The van der Waals surface area contributed by atoms with E-state index in [1.807, 2.05) is 41.3 Å². The van der Waals surface area contributed by atoms with Crippen molar-refractivity contribution >= 4 is 5.91 Å². The second kappa shape index (κ2) is 8.28. The van der Waals surface area contributed by atoms with Crippen molar-refractivity contribution in [1.82, 2.24) is 9.80 Å². The minimum Gasteiger partial charge on any atom is -0.454 e. The fourth-order valence-electron chi connectivity index (χ4n) is 4.47. The molecule has 1 aliphatic carbocycles. The summed E-state index contributed by atoms with van der Waals surface area (Å²) in [4.78, 5) is 18.2. The van der Waals surface area contributed by atoms with Gasteiger partial charge in [-0.05, 0) is 24.5 Å². The fraction of sp³-hybridized carbons (Fsp3) is 0.458. The summed E-state index contributed by atoms with van der Waals surface area (Å²) >= 11 is 0. The molecule has 1 saturated carbocycles. The third-order valence-electron chi connectivity index (χ3n) is 6.40. The molecule has 1 saturated heterocycles. The zero-order valence-electron chi connectivity index (χ0n) is 17.2. The number of hydrogen-bond donors (Lipinski definition) is 0. The third-order valence-corrected chi connectivity index (χ3v) is 6.40. The lowest BCUT2D eigenvalue weighted by Crippen LogP contribution is -2.45. The largest absolute Gasteiger partial charge is 0.454 e. The lowest BCUT2D eigenvalue weighted by Gasteiger charge is -2.32. The van der Waals surface area contributed by atoms with Gasteiger partial charge in [-0.2, -0.15) is 0 Å². The molecule has 158 valence electrons. The first-order chi connectivity index (χ1) is 14.8. The molecule has 5 rings (SSSR count). The van der Waals surface area contributed by atoms with Crippen LogP contribution in [0.25, 0.3) is 0 Å². The van der Waals surface area contributed by atoms with Crippen molar-refractivity contribution < 1.29 is 19.0 Å². The van der Waals surface area contributed by atoms with Gasteiger partial charge in [-0.3, -0.25) is 9.69 Å². The Labute approximate surface area is 177 Å². The van der Waals surface area contributed by atoms with Crippen LogP contribution in [0.15, 0.2) is 48.5 Å². The molecule has 0 radical (unpaired) electrons. The highest BCUT2D eigenvalue weighted by molar-refractivity contribution is 5.91. The number of carbonyl (C=O) groups is 1. The summed E-state index contributed by atoms with van der Waals surface area (Å²) in [5.41, 5.74) is 1.76. The summed E-state index contributed by atoms with van der Waals surface area (Å²) < 4.78 is 16.7. The highest BCUT2D eigenvalue weighted by atomic mass is 16.7. The van der Waals surface area contributed by atoms with Gasteiger partial charge in [-0.1, -0.05) is 42.5 Å². The van der Waals surface area contributed by atoms with Crippen molar-refractivity contribution in [1.29, 1.82) is 0 Å². The molecule has 0 bridgehead atoms. The highest BCUT2D eigenvalue weighted by Gasteiger charge is 2.53. The van der Waals surface area contributed by atoms with Crippen LogP contribution in [-0.4, -0.2) is 61.9 Å². The molecule has 2 aromatic carbocycles. The minimum absolute atomic E-state index is 0.221. The van der Waals surface area contributed by atoms with E-state index in [-0.39, 0.29) is 18.1 Å². The van der Waals surface area contributed by atoms with E-state index in [0.717, 1.165) is 68.3 Å². The number of para-hydroxylation sites is 1. The average Bonchev–Trinajstić information content (AvgIpc) is 3.47. The Hall–Kier alpha value is -2.57. The van der Waals surface area contributed by atoms with Gasteiger partial charge in [-0.25, -0.2) is 0 Å². The van der Waals surface area contributed by atoms with Crippen LogP contribution in [-0.2, 0) is 21.5 Å². The Kier molecular flexibility index (Phi) is 5.35. The van der Waals surface area contributed by atoms with E-state index in [0.29, 0.717) is 13.1 Å². The summed E-state index contributed by atoms with van der Waals surface area (Å²) in [5, 5.41) is 0. The first-order valence-corrected chi connectivity index (χ1v) is 10.8. The number of ether oxygens (including phenoxy) is 3. The van der Waals surface area contributed by atoms with Crippen LogP contribution >= 0.6 is 0 Å². The lowest BCUT2D eigenvalue weighted by atomic mass is 9.94. The van der Waals surface area contributed by atoms with Gasteiger partial charge in [0.05, 0.1) is 18.6 Å². The van der Waals surface area contributed by atoms with Crippen molar-refractivity contribution in [2.45, 2.75) is 24.8 Å². The van der Waals surface area contributed by atoms with E-state index in [1.54, 1.807) is 0 Å². The number of hydrogen-bond acceptors (Lipinski definition) is 5. The number of fused-ring (bicyclic) bond motifs is 1. The number of morpholine rings is 1. The molecule has 0 aromatic heterocycles. The molecule has 0 unspecified atom stereocenters. The van der Waals surface area contributed by atoms with Crippen LogP contribution in [0.4, 0.5) is 0 Å². The number of rotatable bonds is 7. The van der Waals surface area contributed by atoms with Crippen LogP contribution in [0.3, 0.4) is 0 Å². The molecule has 2 heterocycles. The number of benzene rings is 2. The van der Waals surface area contributed by atoms with Gasteiger partial charge in [0.15, 0.2) is 11.5 Å². The van der Waals surface area contributed by atoms with E-state index >= 15 is 0 Å². The highest BCUT2D eigenvalue weighted by Crippen LogP contribution is 2.50. The molecule has 2 fully saturated rings. The summed E-state index contributed by atoms with van der Waals surface area (Å²) in [6.07, 6.45) is 1.83. The Morgan fingerprint density at radius 1 is 1.00 bits per heavy atom. The van der Waals surface area contributed by atoms with Crippen molar-refractivity contribution in [3.63, 3.8) is 0 Å². The van der Waals surface area contributed by atoms with E-state index in [9.17, 15) is 4.79 Å². The van der Waals surface area contributed by atoms with Crippen molar-refractivity contribution in [3.8, 4) is 11.5 Å². The predicted molar refractivity (Wildman–Crippen MR) is 113 cm³/mol. The second-order valence-corrected chi connectivity index (χ2v) is 8.28. The molecule has 3 aliphatic rings. The van der Waals surface area contributed by atoms with Gasteiger partial charge in [0.2, 0.25) is 12.7 Å². The standard InChI is InChI=1S/C24H28N2O4/c27-23(24(9-10-24)20-6-2-1-3-7-20)26(12-11-25-13-15-28-16-14-25)17-19-5-4-8-21-22(19)30-18-29-21/h1-8H,9-18H2. The van der Waals surface area contributed by atoms with E-state index in [2.05, 4.69) is 17.0 Å². The minimum atomic E-state index is -0.373. The molecule has 0 atom stereocenters. The van der Waals surface area contributed by atoms with Crippen molar-refractivity contribution in [3.05, 3.63) is 59.7 Å². The average molecular weight is 408 g/mol. The summed E-state index contributed by atoms with van der Waals surface area (Å²) in [7, 11) is 0. The zero-order valence-corrected chi connectivity index (χ0v) is 17.2. The smallest absolute Gasteiger partial charge is 0.233 e. The van der Waals surface area contributed by atoms with Crippen LogP contribution in [0.2, 0.25) is 0 Å². The first-order valence-electron chi connectivity index (χ1n) is 10.8. The molecule has 0 spiro atoms. The SMILES string of the molecule is O=C(N(CCN1CCOCC1)Cc1cccc2c1OCO2)C1(c2ccccc2)CC1. The molecule has 2 aliphatic heterocycles. The summed E-state index contributed by atoms with van der Waals surface area (Å²) in [5.74, 6) is 1.75. The quantitative estimate of drug-likeness (QED) is 0.705. The Bertz CT molecular complexity index is 891. The maximum absolute atomic E-state index is 13.8. The number of carbonyl (C=O) groups excluding carboxylic acids is 1. The predicted octanol–water partition coefficient (Wildman–Crippen LogP) is 2.81. The molecule has 30 heavy (non-hydrogen) atoms. The number of nitrogens with zero attached hydrogens (tertiary/aromatic N) is 2. The molecule has 1 amide bonds. The van der Waals surface area contributed by atoms with Crippen molar-refractivity contribution in [2.75, 3.05) is 46.2 Å². The maximum Gasteiger partial charge on any atom is 0.233 e. The van der Waals surface area contributed by atoms with Gasteiger partial charge in [-0.15, -0.1) is 0 Å². The topological polar surface area (TPSA) is 51.2 Å². The van der Waals surface area contributed by atoms with E-state index in [1.165, 1.54) is 0 Å². The van der Waals surface area contributed by atoms with E-state index in [4.69, 9.17) is 14.2 Å². The normalized spacial score (nSPS) is 19.5. The Balaban J connectivity index is 1.38. The van der Waals surface area contributed by atoms with Gasteiger partial charge in [0.25, 0.3) is 0 Å². The summed E-state index contributed by atoms with van der Waals surface area (Å²) in [6, 6.07) is 16.1. The zero-order chi connectivity index (χ0) is 20.4. The molecule has 0 N–H and O–H groups in total. The lowest BCUT2D eigenvalue weighted by molar-refractivity contribution is -0.135. The van der Waals surface area contributed by atoms with Gasteiger partial charge in [0, 0.05) is 38.3 Å². The van der Waals surface area contributed by atoms with E-state index < -0.39 is 0 Å². The number of amides is 1. The fourth-order valence-corrected chi connectivity index (χ4v) is 4.47. The van der Waals surface area contributed by atoms with Crippen LogP contribution in [0, 0.1) is 0 Å². The molecule has 2 aromatic rings. The maximum atomic E-state index is 13.8. The van der Waals surface area contributed by atoms with Gasteiger partial charge < -0.3 is 19.1 Å². The van der Waals surface area contributed by atoms with Crippen molar-refractivity contribution in [2.24, 2.45) is 0 Å². The first kappa shape index (κ1) is 19.4. The third kappa shape index (κ3) is 3.77. The van der Waals surface area contributed by atoms with Gasteiger partial charge >= 0.3 is 0 Å². The monoisotopic (exact) mass is 408 g/mol. The molecule has 6 heteroatoms.